The molecule has 23 heavy (non-hydrogen) atoms. The normalized spacial score (nSPS) is 10.8. The van der Waals surface area contributed by atoms with Gasteiger partial charge in [0.05, 0.1) is 23.3 Å². The van der Waals surface area contributed by atoms with Crippen LogP contribution < -0.4 is 10.3 Å². The van der Waals surface area contributed by atoms with E-state index >= 15 is 0 Å². The van der Waals surface area contributed by atoms with Crippen molar-refractivity contribution in [2.24, 2.45) is 0 Å². The number of rotatable bonds is 5. The molecular formula is C14H10FN3O4S. The maximum atomic E-state index is 13.2. The molecule has 0 aliphatic rings. The number of nitro benzene ring substituents is 1. The van der Waals surface area contributed by atoms with Crippen molar-refractivity contribution in [3.8, 4) is 5.75 Å². The van der Waals surface area contributed by atoms with Gasteiger partial charge >= 0.3 is 5.69 Å². The zero-order chi connectivity index (χ0) is 16.4. The molecule has 7 nitrogen and oxygen atoms in total. The Kier molecular flexibility index (Phi) is 4.02. The van der Waals surface area contributed by atoms with Crippen molar-refractivity contribution < 1.29 is 14.1 Å². The molecule has 0 fully saturated rings. The van der Waals surface area contributed by atoms with Crippen molar-refractivity contribution >= 4 is 27.2 Å². The summed E-state index contributed by atoms with van der Waals surface area (Å²) < 4.78 is 20.3. The van der Waals surface area contributed by atoms with Crippen LogP contribution in [0.15, 0.2) is 40.8 Å². The number of ether oxygens (including phenoxy) is 1. The zero-order valence-corrected chi connectivity index (χ0v) is 12.5. The minimum Gasteiger partial charge on any atom is -0.485 e. The summed E-state index contributed by atoms with van der Waals surface area (Å²) in [6.07, 6.45) is 1.39. The first-order chi connectivity index (χ1) is 11.1. The van der Waals surface area contributed by atoms with E-state index in [1.165, 1.54) is 22.2 Å². The van der Waals surface area contributed by atoms with Crippen LogP contribution in [0.25, 0.3) is 10.2 Å². The SMILES string of the molecule is O=c1c2sccc2ncn1CCOc1cc(F)ccc1[N+](=O)[O-]. The maximum Gasteiger partial charge on any atom is 0.311 e. The third-order valence-corrected chi connectivity index (χ3v) is 4.04. The number of thiophene rings is 1. The molecular weight excluding hydrogens is 325 g/mol. The summed E-state index contributed by atoms with van der Waals surface area (Å²) in [7, 11) is 0. The molecule has 0 radical (unpaired) electrons. The number of aromatic nitrogens is 2. The third kappa shape index (κ3) is 3.04. The standard InChI is InChI=1S/C14H10FN3O4S/c15-9-1-2-11(18(20)21)12(7-9)22-5-4-17-8-16-10-3-6-23-13(10)14(17)19/h1-3,6-8H,4-5H2. The van der Waals surface area contributed by atoms with Crippen molar-refractivity contribution in [2.45, 2.75) is 6.54 Å². The van der Waals surface area contributed by atoms with E-state index in [1.807, 2.05) is 0 Å². The highest BCUT2D eigenvalue weighted by Gasteiger charge is 2.16. The Balaban J connectivity index is 1.76. The second-order valence-electron chi connectivity index (χ2n) is 4.60. The van der Waals surface area contributed by atoms with Crippen molar-refractivity contribution in [1.29, 1.82) is 0 Å². The molecule has 0 aliphatic carbocycles. The van der Waals surface area contributed by atoms with Crippen LogP contribution in [0.2, 0.25) is 0 Å². The number of hydrogen-bond donors (Lipinski definition) is 0. The molecule has 0 aliphatic heterocycles. The van der Waals surface area contributed by atoms with E-state index in [0.717, 1.165) is 18.2 Å². The van der Waals surface area contributed by atoms with Crippen LogP contribution in [0.3, 0.4) is 0 Å². The molecule has 3 rings (SSSR count). The highest BCUT2D eigenvalue weighted by Crippen LogP contribution is 2.27. The number of benzene rings is 1. The van der Waals surface area contributed by atoms with E-state index in [0.29, 0.717) is 10.2 Å². The molecule has 9 heteroatoms. The van der Waals surface area contributed by atoms with E-state index in [9.17, 15) is 19.3 Å². The topological polar surface area (TPSA) is 87.3 Å². The smallest absolute Gasteiger partial charge is 0.311 e. The molecule has 0 atom stereocenters. The van der Waals surface area contributed by atoms with Gasteiger partial charge in [-0.2, -0.15) is 0 Å². The highest BCUT2D eigenvalue weighted by molar-refractivity contribution is 7.17. The zero-order valence-electron chi connectivity index (χ0n) is 11.6. The summed E-state index contributed by atoms with van der Waals surface area (Å²) >= 11 is 1.29. The second-order valence-corrected chi connectivity index (χ2v) is 5.51. The van der Waals surface area contributed by atoms with E-state index < -0.39 is 10.7 Å². The third-order valence-electron chi connectivity index (χ3n) is 3.14. The molecule has 2 heterocycles. The molecule has 0 N–H and O–H groups in total. The summed E-state index contributed by atoms with van der Waals surface area (Å²) in [5.74, 6) is -0.808. The Morgan fingerprint density at radius 2 is 2.22 bits per heavy atom. The summed E-state index contributed by atoms with van der Waals surface area (Å²) in [6.45, 7) is 0.121. The molecule has 3 aromatic rings. The molecule has 0 bridgehead atoms. The highest BCUT2D eigenvalue weighted by atomic mass is 32.1. The van der Waals surface area contributed by atoms with Crippen LogP contribution >= 0.6 is 11.3 Å². The molecule has 0 saturated carbocycles. The average Bonchev–Trinajstić information content (AvgIpc) is 2.99. The number of nitrogens with zero attached hydrogens (tertiary/aromatic N) is 3. The second kappa shape index (κ2) is 6.13. The minimum absolute atomic E-state index is 0.0250. The van der Waals surface area contributed by atoms with Gasteiger partial charge in [0.2, 0.25) is 0 Å². The fraction of sp³-hybridized carbons (Fsp3) is 0.143. The Labute approximate surface area is 132 Å². The molecule has 0 unspecified atom stereocenters. The van der Waals surface area contributed by atoms with Crippen LogP contribution in [0.4, 0.5) is 10.1 Å². The van der Waals surface area contributed by atoms with Gasteiger partial charge in [-0.25, -0.2) is 9.37 Å². The van der Waals surface area contributed by atoms with E-state index in [-0.39, 0.29) is 30.1 Å². The Hall–Kier alpha value is -2.81. The van der Waals surface area contributed by atoms with Crippen molar-refractivity contribution in [3.05, 3.63) is 62.3 Å². The van der Waals surface area contributed by atoms with Gasteiger partial charge in [0.1, 0.15) is 17.1 Å². The van der Waals surface area contributed by atoms with Crippen LogP contribution in [0.5, 0.6) is 5.75 Å². The fourth-order valence-corrected chi connectivity index (χ4v) is 2.84. The quantitative estimate of drug-likeness (QED) is 0.528. The molecule has 2 aromatic heterocycles. The number of fused-ring (bicyclic) bond motifs is 1. The molecule has 0 amide bonds. The summed E-state index contributed by atoms with van der Waals surface area (Å²) in [4.78, 5) is 26.5. The van der Waals surface area contributed by atoms with E-state index in [1.54, 1.807) is 11.4 Å². The lowest BCUT2D eigenvalue weighted by molar-refractivity contribution is -0.385. The van der Waals surface area contributed by atoms with Crippen LogP contribution in [-0.2, 0) is 6.54 Å². The Morgan fingerprint density at radius 1 is 1.39 bits per heavy atom. The van der Waals surface area contributed by atoms with Gasteiger partial charge in [-0.15, -0.1) is 11.3 Å². The monoisotopic (exact) mass is 335 g/mol. The van der Waals surface area contributed by atoms with Crippen molar-refractivity contribution in [3.63, 3.8) is 0 Å². The van der Waals surface area contributed by atoms with E-state index in [4.69, 9.17) is 4.74 Å². The van der Waals surface area contributed by atoms with E-state index in [2.05, 4.69) is 4.98 Å². The summed E-state index contributed by atoms with van der Waals surface area (Å²) in [5.41, 5.74) is 0.0888. The van der Waals surface area contributed by atoms with Crippen LogP contribution in [0, 0.1) is 15.9 Å². The summed E-state index contributed by atoms with van der Waals surface area (Å²) in [5, 5.41) is 12.7. The van der Waals surface area contributed by atoms with Gasteiger partial charge in [0.15, 0.2) is 5.75 Å². The average molecular weight is 335 g/mol. The number of hydrogen-bond acceptors (Lipinski definition) is 6. The van der Waals surface area contributed by atoms with Gasteiger partial charge in [0.25, 0.3) is 5.56 Å². The first kappa shape index (κ1) is 15.1. The predicted octanol–water partition coefficient (Wildman–Crippen LogP) is 2.58. The lowest BCUT2D eigenvalue weighted by atomic mass is 10.3. The summed E-state index contributed by atoms with van der Waals surface area (Å²) in [6, 6.07) is 4.72. The van der Waals surface area contributed by atoms with Gasteiger partial charge in [-0.3, -0.25) is 19.5 Å². The molecule has 118 valence electrons. The molecule has 1 aromatic carbocycles. The Morgan fingerprint density at radius 3 is 3.00 bits per heavy atom. The first-order valence-corrected chi connectivity index (χ1v) is 7.43. The lowest BCUT2D eigenvalue weighted by Crippen LogP contribution is -2.22. The van der Waals surface area contributed by atoms with Gasteiger partial charge in [-0.1, -0.05) is 0 Å². The van der Waals surface area contributed by atoms with Gasteiger partial charge < -0.3 is 4.74 Å². The van der Waals surface area contributed by atoms with Crippen molar-refractivity contribution in [2.75, 3.05) is 6.61 Å². The van der Waals surface area contributed by atoms with Gasteiger partial charge in [-0.05, 0) is 17.5 Å². The Bertz CT molecular complexity index is 937. The maximum absolute atomic E-state index is 13.2. The molecule has 0 saturated heterocycles. The lowest BCUT2D eigenvalue weighted by Gasteiger charge is -2.08. The first-order valence-electron chi connectivity index (χ1n) is 6.55. The van der Waals surface area contributed by atoms with Crippen LogP contribution in [-0.4, -0.2) is 21.1 Å². The molecule has 0 spiro atoms. The predicted molar refractivity (Wildman–Crippen MR) is 82.4 cm³/mol. The fourth-order valence-electron chi connectivity index (χ4n) is 2.05. The van der Waals surface area contributed by atoms with Crippen LogP contribution in [0.1, 0.15) is 0 Å². The van der Waals surface area contributed by atoms with Crippen molar-refractivity contribution in [1.82, 2.24) is 9.55 Å². The number of nitro groups is 1. The minimum atomic E-state index is -0.653. The largest absolute Gasteiger partial charge is 0.485 e. The van der Waals surface area contributed by atoms with Gasteiger partial charge in [0, 0.05) is 12.1 Å². The number of halogens is 1.